The van der Waals surface area contributed by atoms with Gasteiger partial charge in [0.2, 0.25) is 0 Å². The van der Waals surface area contributed by atoms with Crippen molar-refractivity contribution in [3.05, 3.63) is 34.3 Å². The van der Waals surface area contributed by atoms with Crippen LogP contribution in [0, 0.1) is 0 Å². The Morgan fingerprint density at radius 1 is 1.35 bits per heavy atom. The van der Waals surface area contributed by atoms with E-state index >= 15 is 0 Å². The summed E-state index contributed by atoms with van der Waals surface area (Å²) in [6, 6.07) is 5.50. The first-order valence-electron chi connectivity index (χ1n) is 5.49. The number of fused-ring (bicyclic) bond motifs is 1. The molecular formula is C12H13NO4. The quantitative estimate of drug-likeness (QED) is 0.775. The number of carboxylic acid groups (broad SMARTS) is 1. The molecule has 0 bridgehead atoms. The van der Waals surface area contributed by atoms with E-state index < -0.39 is 11.7 Å². The molecule has 5 heteroatoms. The molecule has 0 saturated carbocycles. The fraction of sp³-hybridized carbons (Fsp3) is 0.333. The lowest BCUT2D eigenvalue weighted by atomic mass is 10.1. The van der Waals surface area contributed by atoms with Crippen LogP contribution in [0.15, 0.2) is 27.4 Å². The summed E-state index contributed by atoms with van der Waals surface area (Å²) in [5.74, 6) is -1.22. The molecule has 1 aromatic heterocycles. The number of aromatic nitrogens is 1. The van der Waals surface area contributed by atoms with Gasteiger partial charge < -0.3 is 9.52 Å². The molecule has 1 aromatic carbocycles. The highest BCUT2D eigenvalue weighted by atomic mass is 16.4. The zero-order valence-electron chi connectivity index (χ0n) is 9.23. The molecular weight excluding hydrogens is 222 g/mol. The van der Waals surface area contributed by atoms with Crippen molar-refractivity contribution in [1.29, 1.82) is 0 Å². The highest BCUT2D eigenvalue weighted by Gasteiger charge is 2.02. The van der Waals surface area contributed by atoms with Crippen molar-refractivity contribution in [2.75, 3.05) is 0 Å². The van der Waals surface area contributed by atoms with Crippen molar-refractivity contribution < 1.29 is 14.3 Å². The third kappa shape index (κ3) is 2.96. The number of hydrogen-bond donors (Lipinski definition) is 2. The Kier molecular flexibility index (Phi) is 3.27. The van der Waals surface area contributed by atoms with Gasteiger partial charge in [0.25, 0.3) is 0 Å². The number of carbonyl (C=O) groups is 1. The zero-order valence-corrected chi connectivity index (χ0v) is 9.23. The topological polar surface area (TPSA) is 83.3 Å². The van der Waals surface area contributed by atoms with Crippen LogP contribution in [0.3, 0.4) is 0 Å². The summed E-state index contributed by atoms with van der Waals surface area (Å²) in [5, 5.41) is 8.50. The number of nitrogens with one attached hydrogen (secondary N) is 1. The molecule has 0 atom stereocenters. The molecule has 0 amide bonds. The Morgan fingerprint density at radius 2 is 2.18 bits per heavy atom. The van der Waals surface area contributed by atoms with Crippen molar-refractivity contribution >= 4 is 17.1 Å². The highest BCUT2D eigenvalue weighted by molar-refractivity contribution is 5.72. The van der Waals surface area contributed by atoms with Gasteiger partial charge in [-0.2, -0.15) is 0 Å². The van der Waals surface area contributed by atoms with Gasteiger partial charge >= 0.3 is 11.7 Å². The third-order valence-electron chi connectivity index (χ3n) is 2.59. The first kappa shape index (κ1) is 11.4. The number of aryl methyl sites for hydroxylation is 1. The molecule has 0 saturated heterocycles. The fourth-order valence-corrected chi connectivity index (χ4v) is 1.76. The van der Waals surface area contributed by atoms with E-state index in [1.165, 1.54) is 0 Å². The molecule has 5 nitrogen and oxygen atoms in total. The van der Waals surface area contributed by atoms with Gasteiger partial charge in [0.05, 0.1) is 5.52 Å². The molecule has 0 fully saturated rings. The summed E-state index contributed by atoms with van der Waals surface area (Å²) in [5.41, 5.74) is 2.30. The Hall–Kier alpha value is -2.04. The van der Waals surface area contributed by atoms with Crippen LogP contribution in [-0.4, -0.2) is 16.1 Å². The second-order valence-corrected chi connectivity index (χ2v) is 3.95. The molecule has 1 heterocycles. The van der Waals surface area contributed by atoms with Crippen LogP contribution in [0.5, 0.6) is 0 Å². The largest absolute Gasteiger partial charge is 0.481 e. The van der Waals surface area contributed by atoms with E-state index in [0.29, 0.717) is 17.5 Å². The number of carboxylic acids is 1. The van der Waals surface area contributed by atoms with Crippen molar-refractivity contribution in [1.82, 2.24) is 4.98 Å². The SMILES string of the molecule is O=C(O)CCCCc1ccc2oc(=O)[nH]c2c1. The lowest BCUT2D eigenvalue weighted by Gasteiger charge is -2.00. The van der Waals surface area contributed by atoms with Crippen LogP contribution in [0.25, 0.3) is 11.1 Å². The Morgan fingerprint density at radius 3 is 2.94 bits per heavy atom. The number of benzene rings is 1. The molecule has 2 rings (SSSR count). The van der Waals surface area contributed by atoms with E-state index in [2.05, 4.69) is 4.98 Å². The van der Waals surface area contributed by atoms with Gasteiger partial charge in [-0.15, -0.1) is 0 Å². The zero-order chi connectivity index (χ0) is 12.3. The normalized spacial score (nSPS) is 10.8. The molecule has 0 radical (unpaired) electrons. The van der Waals surface area contributed by atoms with Gasteiger partial charge in [0.1, 0.15) is 0 Å². The Labute approximate surface area is 97.1 Å². The van der Waals surface area contributed by atoms with Crippen LogP contribution in [0.2, 0.25) is 0 Å². The van der Waals surface area contributed by atoms with Crippen LogP contribution < -0.4 is 5.76 Å². The number of aromatic amines is 1. The van der Waals surface area contributed by atoms with Crippen LogP contribution >= 0.6 is 0 Å². The summed E-state index contributed by atoms with van der Waals surface area (Å²) < 4.78 is 4.89. The maximum absolute atomic E-state index is 10.9. The molecule has 0 aliphatic rings. The van der Waals surface area contributed by atoms with Crippen molar-refractivity contribution in [3.8, 4) is 0 Å². The monoisotopic (exact) mass is 235 g/mol. The molecule has 0 aliphatic carbocycles. The highest BCUT2D eigenvalue weighted by Crippen LogP contribution is 2.14. The first-order chi connectivity index (χ1) is 8.15. The molecule has 90 valence electrons. The smallest absolute Gasteiger partial charge is 0.417 e. The lowest BCUT2D eigenvalue weighted by Crippen LogP contribution is -1.95. The second kappa shape index (κ2) is 4.86. The summed E-state index contributed by atoms with van der Waals surface area (Å²) in [7, 11) is 0. The van der Waals surface area contributed by atoms with Crippen LogP contribution in [-0.2, 0) is 11.2 Å². The van der Waals surface area contributed by atoms with Crippen molar-refractivity contribution in [3.63, 3.8) is 0 Å². The van der Waals surface area contributed by atoms with Crippen molar-refractivity contribution in [2.45, 2.75) is 25.7 Å². The summed E-state index contributed by atoms with van der Waals surface area (Å²) in [6.45, 7) is 0. The lowest BCUT2D eigenvalue weighted by molar-refractivity contribution is -0.137. The van der Waals surface area contributed by atoms with E-state index in [0.717, 1.165) is 18.4 Å². The predicted molar refractivity (Wildman–Crippen MR) is 62.0 cm³/mol. The molecule has 0 aliphatic heterocycles. The van der Waals surface area contributed by atoms with Gasteiger partial charge in [-0.3, -0.25) is 9.78 Å². The first-order valence-corrected chi connectivity index (χ1v) is 5.49. The van der Waals surface area contributed by atoms with Crippen LogP contribution in [0.4, 0.5) is 0 Å². The molecule has 0 spiro atoms. The van der Waals surface area contributed by atoms with Crippen LogP contribution in [0.1, 0.15) is 24.8 Å². The minimum Gasteiger partial charge on any atom is -0.481 e. The molecule has 17 heavy (non-hydrogen) atoms. The number of hydrogen-bond acceptors (Lipinski definition) is 3. The molecule has 2 aromatic rings. The van der Waals surface area contributed by atoms with Gasteiger partial charge in [-0.05, 0) is 37.0 Å². The van der Waals surface area contributed by atoms with Gasteiger partial charge in [0, 0.05) is 6.42 Å². The Bertz CT molecular complexity index is 581. The standard InChI is InChI=1S/C12H13NO4/c14-11(15)4-2-1-3-8-5-6-10-9(7-8)13-12(16)17-10/h5-7H,1-4H2,(H,13,16)(H,14,15). The summed E-state index contributed by atoms with van der Waals surface area (Å²) >= 11 is 0. The summed E-state index contributed by atoms with van der Waals surface area (Å²) in [4.78, 5) is 23.9. The van der Waals surface area contributed by atoms with E-state index in [1.54, 1.807) is 6.07 Å². The maximum atomic E-state index is 10.9. The van der Waals surface area contributed by atoms with Crippen molar-refractivity contribution in [2.24, 2.45) is 0 Å². The number of aliphatic carboxylic acids is 1. The number of oxazole rings is 1. The number of rotatable bonds is 5. The maximum Gasteiger partial charge on any atom is 0.417 e. The van der Waals surface area contributed by atoms with E-state index in [4.69, 9.17) is 9.52 Å². The molecule has 0 unspecified atom stereocenters. The third-order valence-corrected chi connectivity index (χ3v) is 2.59. The fourth-order valence-electron chi connectivity index (χ4n) is 1.76. The van der Waals surface area contributed by atoms with E-state index in [9.17, 15) is 9.59 Å². The predicted octanol–water partition coefficient (Wildman–Crippen LogP) is 1.92. The van der Waals surface area contributed by atoms with Gasteiger partial charge in [-0.1, -0.05) is 6.07 Å². The van der Waals surface area contributed by atoms with E-state index in [1.807, 2.05) is 12.1 Å². The summed E-state index contributed by atoms with van der Waals surface area (Å²) in [6.07, 6.45) is 2.48. The minimum absolute atomic E-state index is 0.199. The molecule has 2 N–H and O–H groups in total. The Balaban J connectivity index is 1.99. The average molecular weight is 235 g/mol. The number of H-pyrrole nitrogens is 1. The average Bonchev–Trinajstić information content (AvgIpc) is 2.63. The van der Waals surface area contributed by atoms with Gasteiger partial charge in [0.15, 0.2) is 5.58 Å². The van der Waals surface area contributed by atoms with Gasteiger partial charge in [-0.25, -0.2) is 4.79 Å². The number of unbranched alkanes of at least 4 members (excludes halogenated alkanes) is 1. The minimum atomic E-state index is -0.764. The van der Waals surface area contributed by atoms with E-state index in [-0.39, 0.29) is 6.42 Å². The second-order valence-electron chi connectivity index (χ2n) is 3.95.